The Morgan fingerprint density at radius 2 is 1.93 bits per heavy atom. The van der Waals surface area contributed by atoms with E-state index in [-0.39, 0.29) is 11.7 Å². The molecule has 0 saturated heterocycles. The van der Waals surface area contributed by atoms with Crippen LogP contribution in [-0.2, 0) is 4.79 Å². The van der Waals surface area contributed by atoms with Gasteiger partial charge >= 0.3 is 17.8 Å². The third-order valence-corrected chi connectivity index (χ3v) is 2.15. The van der Waals surface area contributed by atoms with Crippen LogP contribution in [0.1, 0.15) is 6.92 Å². The lowest BCUT2D eigenvalue weighted by molar-refractivity contribution is -0.401. The Hall–Kier alpha value is -1.85. The van der Waals surface area contributed by atoms with Crippen molar-refractivity contribution in [3.8, 4) is 0 Å². The summed E-state index contributed by atoms with van der Waals surface area (Å²) < 4.78 is 1.32. The van der Waals surface area contributed by atoms with E-state index in [1.807, 2.05) is 0 Å². The number of imide groups is 1. The monoisotopic (exact) mass is 193 g/mol. The highest BCUT2D eigenvalue weighted by Crippen LogP contribution is 2.09. The number of aliphatic imine (C=N–C) groups is 2. The fraction of sp³-hybridized carbons (Fsp3) is 0.375. The van der Waals surface area contributed by atoms with Crippen LogP contribution in [0.3, 0.4) is 0 Å². The molecule has 3 amide bonds. The fourth-order valence-corrected chi connectivity index (χ4v) is 1.38. The van der Waals surface area contributed by atoms with Gasteiger partial charge in [-0.2, -0.15) is 9.48 Å². The van der Waals surface area contributed by atoms with Crippen LogP contribution < -0.4 is 0 Å². The maximum atomic E-state index is 11.6. The average Bonchev–Trinajstić information content (AvgIpc) is 2.54. The van der Waals surface area contributed by atoms with E-state index < -0.39 is 5.91 Å². The molecule has 2 heterocycles. The zero-order valence-corrected chi connectivity index (χ0v) is 8.11. The second-order valence-corrected chi connectivity index (χ2v) is 3.15. The van der Waals surface area contributed by atoms with E-state index in [0.29, 0.717) is 11.7 Å². The Morgan fingerprint density at radius 1 is 1.29 bits per heavy atom. The van der Waals surface area contributed by atoms with Crippen molar-refractivity contribution < 1.29 is 14.2 Å². The predicted molar refractivity (Wildman–Crippen MR) is 49.9 cm³/mol. The molecule has 2 aliphatic rings. The molecule has 14 heavy (non-hydrogen) atoms. The standard InChI is InChI=1S/C8H9N4O2/c1-4-9-5-6(10-4)11(2)8(14)12(3)7(5)13/h1-3H3/q+1. The van der Waals surface area contributed by atoms with E-state index in [1.165, 1.54) is 11.6 Å². The minimum Gasteiger partial charge on any atom is -0.248 e. The molecule has 0 aliphatic carbocycles. The first-order valence-electron chi connectivity index (χ1n) is 4.09. The van der Waals surface area contributed by atoms with Gasteiger partial charge < -0.3 is 0 Å². The van der Waals surface area contributed by atoms with Gasteiger partial charge in [0, 0.05) is 6.92 Å². The molecule has 6 heteroatoms. The molecule has 0 aromatic carbocycles. The van der Waals surface area contributed by atoms with Crippen LogP contribution in [-0.4, -0.2) is 52.9 Å². The Kier molecular flexibility index (Phi) is 1.60. The highest BCUT2D eigenvalue weighted by Gasteiger charge is 2.43. The maximum absolute atomic E-state index is 11.6. The summed E-state index contributed by atoms with van der Waals surface area (Å²) in [7, 11) is 2.99. The Bertz CT molecular complexity index is 444. The summed E-state index contributed by atoms with van der Waals surface area (Å²) in [5.74, 6) is 0.442. The van der Waals surface area contributed by atoms with Crippen molar-refractivity contribution in [1.29, 1.82) is 0 Å². The molecule has 0 aromatic heterocycles. The zero-order valence-electron chi connectivity index (χ0n) is 8.11. The second kappa shape index (κ2) is 2.57. The van der Waals surface area contributed by atoms with Gasteiger partial charge in [-0.25, -0.2) is 14.6 Å². The number of carbonyl (C=O) groups excluding carboxylic acids is 2. The van der Waals surface area contributed by atoms with Gasteiger partial charge in [-0.1, -0.05) is 4.99 Å². The molecule has 0 aromatic rings. The van der Waals surface area contributed by atoms with Crippen LogP contribution >= 0.6 is 0 Å². The van der Waals surface area contributed by atoms with Gasteiger partial charge in [0.2, 0.25) is 11.5 Å². The van der Waals surface area contributed by atoms with Crippen LogP contribution in [0.2, 0.25) is 0 Å². The molecule has 0 saturated carbocycles. The Balaban J connectivity index is 2.65. The average molecular weight is 193 g/mol. The van der Waals surface area contributed by atoms with Gasteiger partial charge in [0.1, 0.15) is 0 Å². The van der Waals surface area contributed by atoms with Crippen molar-refractivity contribution in [3.05, 3.63) is 0 Å². The smallest absolute Gasteiger partial charge is 0.248 e. The summed E-state index contributed by atoms with van der Waals surface area (Å²) in [6.07, 6.45) is 0. The molecule has 2 aliphatic heterocycles. The third-order valence-electron chi connectivity index (χ3n) is 2.15. The second-order valence-electron chi connectivity index (χ2n) is 3.15. The number of hydrogen-bond acceptors (Lipinski definition) is 4. The van der Waals surface area contributed by atoms with Gasteiger partial charge in [0.15, 0.2) is 0 Å². The van der Waals surface area contributed by atoms with Crippen LogP contribution in [0.15, 0.2) is 9.98 Å². The lowest BCUT2D eigenvalue weighted by atomic mass is 10.2. The number of fused-ring (bicyclic) bond motifs is 1. The van der Waals surface area contributed by atoms with E-state index in [2.05, 4.69) is 9.98 Å². The molecular weight excluding hydrogens is 184 g/mol. The summed E-state index contributed by atoms with van der Waals surface area (Å²) in [4.78, 5) is 32.0. The van der Waals surface area contributed by atoms with Gasteiger partial charge in [-0.05, 0) is 0 Å². The normalized spacial score (nSPS) is 21.2. The van der Waals surface area contributed by atoms with E-state index in [0.717, 1.165) is 4.90 Å². The van der Waals surface area contributed by atoms with Crippen LogP contribution in [0.25, 0.3) is 0 Å². The van der Waals surface area contributed by atoms with Crippen LogP contribution in [0.5, 0.6) is 0 Å². The molecule has 0 radical (unpaired) electrons. The van der Waals surface area contributed by atoms with E-state index in [1.54, 1.807) is 14.0 Å². The first kappa shape index (κ1) is 8.74. The SMILES string of the molecule is CC1=NC2=[N+](C)C(=O)N(C)C(=O)C2=N1. The number of urea groups is 1. The van der Waals surface area contributed by atoms with Crippen molar-refractivity contribution >= 4 is 29.3 Å². The van der Waals surface area contributed by atoms with Crippen molar-refractivity contribution in [2.24, 2.45) is 9.98 Å². The molecule has 0 fully saturated rings. The number of amides is 3. The molecule has 72 valence electrons. The summed E-state index contributed by atoms with van der Waals surface area (Å²) in [6.45, 7) is 1.68. The zero-order chi connectivity index (χ0) is 10.5. The predicted octanol–water partition coefficient (Wildman–Crippen LogP) is -0.508. The summed E-state index contributed by atoms with van der Waals surface area (Å²) in [6, 6.07) is -0.387. The fourth-order valence-electron chi connectivity index (χ4n) is 1.38. The highest BCUT2D eigenvalue weighted by atomic mass is 16.2. The summed E-state index contributed by atoms with van der Waals surface area (Å²) in [5.41, 5.74) is 0.243. The lowest BCUT2D eigenvalue weighted by Gasteiger charge is -2.15. The Morgan fingerprint density at radius 3 is 2.57 bits per heavy atom. The molecule has 0 N–H and O–H groups in total. The Labute approximate surface area is 80.3 Å². The largest absolute Gasteiger partial charge is 0.446 e. The molecular formula is C8H9N4O2+. The minimum absolute atomic E-state index is 0.243. The van der Waals surface area contributed by atoms with Gasteiger partial charge in [-0.15, -0.1) is 0 Å². The van der Waals surface area contributed by atoms with Crippen LogP contribution in [0.4, 0.5) is 4.79 Å². The maximum Gasteiger partial charge on any atom is 0.446 e. The molecule has 0 unspecified atom stereocenters. The topological polar surface area (TPSA) is 65.1 Å². The molecule has 2 rings (SSSR count). The first-order valence-corrected chi connectivity index (χ1v) is 4.09. The van der Waals surface area contributed by atoms with Gasteiger partial charge in [0.25, 0.3) is 0 Å². The third kappa shape index (κ3) is 0.935. The van der Waals surface area contributed by atoms with Gasteiger partial charge in [-0.3, -0.25) is 0 Å². The quantitative estimate of drug-likeness (QED) is 0.486. The van der Waals surface area contributed by atoms with Crippen molar-refractivity contribution in [2.45, 2.75) is 6.92 Å². The molecule has 0 bridgehead atoms. The summed E-state index contributed by atoms with van der Waals surface area (Å²) >= 11 is 0. The summed E-state index contributed by atoms with van der Waals surface area (Å²) in [5, 5.41) is 0. The van der Waals surface area contributed by atoms with Crippen molar-refractivity contribution in [3.63, 3.8) is 0 Å². The van der Waals surface area contributed by atoms with Gasteiger partial charge in [0.05, 0.1) is 14.1 Å². The van der Waals surface area contributed by atoms with Crippen molar-refractivity contribution in [1.82, 2.24) is 4.90 Å². The van der Waals surface area contributed by atoms with E-state index >= 15 is 0 Å². The van der Waals surface area contributed by atoms with Crippen LogP contribution in [0, 0.1) is 0 Å². The molecule has 0 spiro atoms. The molecule has 6 nitrogen and oxygen atoms in total. The number of hydrogen-bond donors (Lipinski definition) is 0. The lowest BCUT2D eigenvalue weighted by Crippen LogP contribution is -2.51. The highest BCUT2D eigenvalue weighted by molar-refractivity contribution is 6.70. The van der Waals surface area contributed by atoms with E-state index in [9.17, 15) is 9.59 Å². The number of rotatable bonds is 0. The van der Waals surface area contributed by atoms with Crippen molar-refractivity contribution in [2.75, 3.05) is 14.1 Å². The minimum atomic E-state index is -0.399. The first-order chi connectivity index (χ1) is 6.52. The number of nitrogens with zero attached hydrogens (tertiary/aromatic N) is 4. The number of amidine groups is 2. The van der Waals surface area contributed by atoms with E-state index in [4.69, 9.17) is 0 Å². The molecule has 0 atom stereocenters. The number of carbonyl (C=O) groups is 2.